The Morgan fingerprint density at radius 2 is 1.78 bits per heavy atom. The molecule has 3 heterocycles. The number of hydrogen-bond acceptors (Lipinski definition) is 3. The zero-order valence-corrected chi connectivity index (χ0v) is 22.2. The van der Waals surface area contributed by atoms with E-state index < -0.39 is 17.7 Å². The molecule has 1 saturated heterocycles. The summed E-state index contributed by atoms with van der Waals surface area (Å²) in [6.45, 7) is 15.0. The highest BCUT2D eigenvalue weighted by atomic mass is 19.1. The molecule has 0 amide bonds. The predicted molar refractivity (Wildman–Crippen MR) is 142 cm³/mol. The van der Waals surface area contributed by atoms with Gasteiger partial charge in [0.25, 0.3) is 0 Å². The van der Waals surface area contributed by atoms with E-state index in [1.807, 2.05) is 18.2 Å². The van der Waals surface area contributed by atoms with Crippen molar-refractivity contribution in [1.82, 2.24) is 14.8 Å². The van der Waals surface area contributed by atoms with Gasteiger partial charge < -0.3 is 9.72 Å². The minimum Gasteiger partial charge on any atom is -0.492 e. The Morgan fingerprint density at radius 3 is 2.44 bits per heavy atom. The summed E-state index contributed by atoms with van der Waals surface area (Å²) in [7, 11) is 0. The minimum absolute atomic E-state index is 0.0281. The molecule has 0 unspecified atom stereocenters. The molecule has 0 saturated carbocycles. The van der Waals surface area contributed by atoms with Gasteiger partial charge in [0.05, 0.1) is 6.04 Å². The van der Waals surface area contributed by atoms with Crippen molar-refractivity contribution < 1.29 is 13.5 Å². The maximum absolute atomic E-state index is 15.8. The van der Waals surface area contributed by atoms with Crippen molar-refractivity contribution in [3.8, 4) is 5.75 Å². The van der Waals surface area contributed by atoms with Crippen LogP contribution in [0.3, 0.4) is 0 Å². The quantitative estimate of drug-likeness (QED) is 0.403. The van der Waals surface area contributed by atoms with E-state index in [2.05, 4.69) is 55.5 Å². The summed E-state index contributed by atoms with van der Waals surface area (Å²) in [5.41, 5.74) is 3.13. The van der Waals surface area contributed by atoms with Gasteiger partial charge in [-0.2, -0.15) is 0 Å². The molecule has 194 valence electrons. The third-order valence-corrected chi connectivity index (χ3v) is 7.79. The van der Waals surface area contributed by atoms with E-state index in [-0.39, 0.29) is 22.8 Å². The number of para-hydroxylation sites is 1. The van der Waals surface area contributed by atoms with Gasteiger partial charge in [0.2, 0.25) is 0 Å². The minimum atomic E-state index is -0.553. The first kappa shape index (κ1) is 25.2. The molecule has 4 nitrogen and oxygen atoms in total. The van der Waals surface area contributed by atoms with Crippen LogP contribution in [0.15, 0.2) is 36.4 Å². The van der Waals surface area contributed by atoms with Crippen molar-refractivity contribution in [2.24, 2.45) is 11.3 Å². The number of nitrogens with one attached hydrogen (secondary N) is 1. The largest absolute Gasteiger partial charge is 0.492 e. The van der Waals surface area contributed by atoms with Crippen LogP contribution < -0.4 is 4.74 Å². The van der Waals surface area contributed by atoms with E-state index in [4.69, 9.17) is 4.74 Å². The molecule has 36 heavy (non-hydrogen) atoms. The number of benzene rings is 2. The molecule has 0 bridgehead atoms. The van der Waals surface area contributed by atoms with Gasteiger partial charge in [0.1, 0.15) is 24.0 Å². The summed E-state index contributed by atoms with van der Waals surface area (Å²) in [6.07, 6.45) is 2.03. The zero-order valence-electron chi connectivity index (χ0n) is 22.2. The smallest absolute Gasteiger partial charge is 0.135 e. The highest BCUT2D eigenvalue weighted by Gasteiger charge is 2.40. The molecular weight excluding hydrogens is 456 g/mol. The maximum Gasteiger partial charge on any atom is 0.135 e. The Labute approximate surface area is 213 Å². The lowest BCUT2D eigenvalue weighted by atomic mass is 9.85. The van der Waals surface area contributed by atoms with Gasteiger partial charge in [-0.05, 0) is 36.3 Å². The SMILES string of the molecule is CCC1CN(CCOc2cc(F)c([C@@H]3c4[nH]c5ccccc5c4C[C@@H](C)N3CC(C)(C)C)c(F)c2)C1. The third kappa shape index (κ3) is 4.90. The van der Waals surface area contributed by atoms with Gasteiger partial charge in [0.15, 0.2) is 0 Å². The summed E-state index contributed by atoms with van der Waals surface area (Å²) in [5.74, 6) is -0.0859. The average molecular weight is 496 g/mol. The van der Waals surface area contributed by atoms with E-state index in [9.17, 15) is 0 Å². The van der Waals surface area contributed by atoms with Crippen molar-refractivity contribution in [1.29, 1.82) is 0 Å². The van der Waals surface area contributed by atoms with Crippen LogP contribution in [-0.4, -0.2) is 53.6 Å². The summed E-state index contributed by atoms with van der Waals surface area (Å²) in [6, 6.07) is 10.5. The fourth-order valence-corrected chi connectivity index (χ4v) is 5.93. The van der Waals surface area contributed by atoms with Crippen LogP contribution in [0.2, 0.25) is 0 Å². The molecule has 5 rings (SSSR count). The van der Waals surface area contributed by atoms with Gasteiger partial charge in [-0.3, -0.25) is 9.80 Å². The first-order chi connectivity index (χ1) is 17.1. The number of aromatic amines is 1. The average Bonchev–Trinajstić information content (AvgIpc) is 3.14. The second kappa shape index (κ2) is 9.79. The van der Waals surface area contributed by atoms with E-state index in [0.29, 0.717) is 6.61 Å². The molecule has 2 aromatic carbocycles. The van der Waals surface area contributed by atoms with Crippen LogP contribution in [0.1, 0.15) is 63.9 Å². The second-order valence-electron chi connectivity index (χ2n) is 11.9. The van der Waals surface area contributed by atoms with Crippen molar-refractivity contribution in [3.05, 3.63) is 64.9 Å². The van der Waals surface area contributed by atoms with E-state index in [1.54, 1.807) is 0 Å². The summed E-state index contributed by atoms with van der Waals surface area (Å²) in [4.78, 5) is 8.10. The van der Waals surface area contributed by atoms with Gasteiger partial charge in [0, 0.05) is 66.5 Å². The molecular formula is C30H39F2N3O. The molecule has 3 aromatic rings. The summed E-state index contributed by atoms with van der Waals surface area (Å²) >= 11 is 0. The second-order valence-corrected chi connectivity index (χ2v) is 11.9. The number of fused-ring (bicyclic) bond motifs is 3. The lowest BCUT2D eigenvalue weighted by Gasteiger charge is -2.44. The predicted octanol–water partition coefficient (Wildman–Crippen LogP) is 6.55. The van der Waals surface area contributed by atoms with Crippen molar-refractivity contribution in [2.45, 2.75) is 59.5 Å². The van der Waals surface area contributed by atoms with Crippen molar-refractivity contribution in [3.63, 3.8) is 0 Å². The number of ether oxygens (including phenoxy) is 1. The fraction of sp³-hybridized carbons (Fsp3) is 0.533. The van der Waals surface area contributed by atoms with Crippen LogP contribution in [0.5, 0.6) is 5.75 Å². The number of H-pyrrole nitrogens is 1. The summed E-state index contributed by atoms with van der Waals surface area (Å²) in [5, 5.41) is 1.14. The van der Waals surface area contributed by atoms with Crippen molar-refractivity contribution in [2.75, 3.05) is 32.8 Å². The Bertz CT molecular complexity index is 1200. The van der Waals surface area contributed by atoms with E-state index in [0.717, 1.165) is 60.7 Å². The molecule has 0 spiro atoms. The standard InChI is InChI=1S/C30H39F2N3O/c1-6-20-16-34(17-20)11-12-36-21-14-24(31)27(25(32)15-21)29-28-23(22-9-7-8-10-26(22)33-28)13-19(2)35(29)18-30(3,4)5/h7-10,14-15,19-20,29,33H,6,11-13,16-18H2,1-5H3/t19-,29-/m1/s1. The lowest BCUT2D eigenvalue weighted by molar-refractivity contribution is 0.0803. The van der Waals surface area contributed by atoms with Crippen LogP contribution in [-0.2, 0) is 6.42 Å². The van der Waals surface area contributed by atoms with Crippen LogP contribution in [0, 0.1) is 23.0 Å². The highest BCUT2D eigenvalue weighted by Crippen LogP contribution is 2.44. The molecule has 0 radical (unpaired) electrons. The molecule has 1 N–H and O–H groups in total. The van der Waals surface area contributed by atoms with E-state index >= 15 is 8.78 Å². The Morgan fingerprint density at radius 1 is 1.08 bits per heavy atom. The highest BCUT2D eigenvalue weighted by molar-refractivity contribution is 5.85. The van der Waals surface area contributed by atoms with Gasteiger partial charge in [-0.25, -0.2) is 8.78 Å². The van der Waals surface area contributed by atoms with E-state index in [1.165, 1.54) is 18.6 Å². The first-order valence-electron chi connectivity index (χ1n) is 13.3. The zero-order chi connectivity index (χ0) is 25.6. The number of nitrogens with zero attached hydrogens (tertiary/aromatic N) is 2. The number of aromatic nitrogens is 1. The normalized spacial score (nSPS) is 21.5. The maximum atomic E-state index is 15.8. The van der Waals surface area contributed by atoms with Crippen LogP contribution >= 0.6 is 0 Å². The van der Waals surface area contributed by atoms with Gasteiger partial charge in [-0.1, -0.05) is 52.3 Å². The lowest BCUT2D eigenvalue weighted by Crippen LogP contribution is -2.47. The Kier molecular flexibility index (Phi) is 6.86. The Balaban J connectivity index is 1.47. The van der Waals surface area contributed by atoms with Crippen LogP contribution in [0.4, 0.5) is 8.78 Å². The fourth-order valence-electron chi connectivity index (χ4n) is 5.93. The topological polar surface area (TPSA) is 31.5 Å². The molecule has 0 aliphatic carbocycles. The van der Waals surface area contributed by atoms with Crippen LogP contribution in [0.25, 0.3) is 10.9 Å². The van der Waals surface area contributed by atoms with Gasteiger partial charge >= 0.3 is 0 Å². The molecule has 2 atom stereocenters. The number of rotatable bonds is 7. The molecule has 6 heteroatoms. The molecule has 2 aliphatic heterocycles. The molecule has 1 fully saturated rings. The third-order valence-electron chi connectivity index (χ3n) is 7.79. The number of likely N-dealkylation sites (tertiary alicyclic amines) is 1. The molecule has 2 aliphatic rings. The van der Waals surface area contributed by atoms with Gasteiger partial charge in [-0.15, -0.1) is 0 Å². The van der Waals surface area contributed by atoms with Crippen molar-refractivity contribution >= 4 is 10.9 Å². The number of hydrogen-bond donors (Lipinski definition) is 1. The Hall–Kier alpha value is -2.44. The monoisotopic (exact) mass is 495 g/mol. The summed E-state index contributed by atoms with van der Waals surface area (Å²) < 4.78 is 37.3. The first-order valence-corrected chi connectivity index (χ1v) is 13.3. The molecule has 1 aromatic heterocycles. The number of halogens is 2.